The number of hydrogen-bond acceptors (Lipinski definition) is 6. The molecule has 0 aliphatic rings. The van der Waals surface area contributed by atoms with Gasteiger partial charge >= 0.3 is 5.97 Å². The van der Waals surface area contributed by atoms with Crippen LogP contribution in [-0.4, -0.2) is 39.8 Å². The van der Waals surface area contributed by atoms with Crippen LogP contribution in [-0.2, 0) is 9.53 Å². The molecule has 0 saturated carbocycles. The molecule has 1 atom stereocenters. The average molecular weight is 373 g/mol. The fourth-order valence-corrected chi connectivity index (χ4v) is 2.45. The van der Waals surface area contributed by atoms with E-state index in [4.69, 9.17) is 18.9 Å². The van der Waals surface area contributed by atoms with Gasteiger partial charge in [0.15, 0.2) is 6.61 Å². The lowest BCUT2D eigenvalue weighted by molar-refractivity contribution is -0.124. The van der Waals surface area contributed by atoms with Crippen molar-refractivity contribution in [2.45, 2.75) is 13.0 Å². The summed E-state index contributed by atoms with van der Waals surface area (Å²) in [5.74, 6) is 0.495. The minimum absolute atomic E-state index is 0.215. The maximum absolute atomic E-state index is 12.2. The van der Waals surface area contributed by atoms with E-state index < -0.39 is 18.5 Å². The predicted molar refractivity (Wildman–Crippen MR) is 99.4 cm³/mol. The highest BCUT2D eigenvalue weighted by Crippen LogP contribution is 2.25. The minimum Gasteiger partial charge on any atom is -0.497 e. The van der Waals surface area contributed by atoms with E-state index in [1.807, 2.05) is 31.2 Å². The number of methoxy groups -OCH3 is 3. The molecule has 2 rings (SSSR count). The van der Waals surface area contributed by atoms with Crippen molar-refractivity contribution >= 4 is 11.9 Å². The van der Waals surface area contributed by atoms with Gasteiger partial charge in [-0.1, -0.05) is 12.1 Å². The Morgan fingerprint density at radius 3 is 2.33 bits per heavy atom. The van der Waals surface area contributed by atoms with E-state index in [9.17, 15) is 9.59 Å². The largest absolute Gasteiger partial charge is 0.497 e. The first-order chi connectivity index (χ1) is 13.0. The van der Waals surface area contributed by atoms with E-state index in [1.54, 1.807) is 19.2 Å². The maximum Gasteiger partial charge on any atom is 0.342 e. The highest BCUT2D eigenvalue weighted by atomic mass is 16.5. The molecule has 0 aliphatic carbocycles. The van der Waals surface area contributed by atoms with E-state index in [0.717, 1.165) is 5.56 Å². The third-order valence-electron chi connectivity index (χ3n) is 3.93. The van der Waals surface area contributed by atoms with Crippen molar-refractivity contribution in [1.82, 2.24) is 5.32 Å². The Bertz CT molecular complexity index is 805. The topological polar surface area (TPSA) is 83.1 Å². The molecule has 1 amide bonds. The first-order valence-electron chi connectivity index (χ1n) is 8.31. The van der Waals surface area contributed by atoms with Crippen LogP contribution in [0, 0.1) is 0 Å². The second-order valence-corrected chi connectivity index (χ2v) is 5.71. The third kappa shape index (κ3) is 5.37. The van der Waals surface area contributed by atoms with Gasteiger partial charge in [-0.05, 0) is 36.8 Å². The monoisotopic (exact) mass is 373 g/mol. The smallest absolute Gasteiger partial charge is 0.342 e. The Labute approximate surface area is 158 Å². The molecule has 0 fully saturated rings. The summed E-state index contributed by atoms with van der Waals surface area (Å²) in [7, 11) is 4.53. The van der Waals surface area contributed by atoms with E-state index in [1.165, 1.54) is 20.3 Å². The van der Waals surface area contributed by atoms with Gasteiger partial charge in [0.25, 0.3) is 5.91 Å². The number of amides is 1. The predicted octanol–water partition coefficient (Wildman–Crippen LogP) is 2.75. The molecular weight excluding hydrogens is 350 g/mol. The minimum atomic E-state index is -0.654. The summed E-state index contributed by atoms with van der Waals surface area (Å²) in [6.45, 7) is 1.43. The van der Waals surface area contributed by atoms with Crippen LogP contribution in [0.15, 0.2) is 42.5 Å². The van der Waals surface area contributed by atoms with Crippen LogP contribution in [0.5, 0.6) is 17.2 Å². The van der Waals surface area contributed by atoms with E-state index in [0.29, 0.717) is 17.2 Å². The van der Waals surface area contributed by atoms with Crippen molar-refractivity contribution < 1.29 is 28.5 Å². The summed E-state index contributed by atoms with van der Waals surface area (Å²) in [4.78, 5) is 24.3. The Kier molecular flexibility index (Phi) is 7.05. The van der Waals surface area contributed by atoms with Crippen molar-refractivity contribution in [2.24, 2.45) is 0 Å². The zero-order valence-corrected chi connectivity index (χ0v) is 15.8. The summed E-state index contributed by atoms with van der Waals surface area (Å²) < 4.78 is 20.5. The normalized spacial score (nSPS) is 11.3. The number of carbonyl (C=O) groups excluding carboxylic acids is 2. The van der Waals surface area contributed by atoms with Gasteiger partial charge in [-0.3, -0.25) is 4.79 Å². The summed E-state index contributed by atoms with van der Waals surface area (Å²) in [5, 5.41) is 2.78. The van der Waals surface area contributed by atoms with E-state index in [2.05, 4.69) is 5.32 Å². The Balaban J connectivity index is 1.94. The number of hydrogen-bond donors (Lipinski definition) is 1. The first kappa shape index (κ1) is 20.1. The molecule has 7 nitrogen and oxygen atoms in total. The van der Waals surface area contributed by atoms with Crippen molar-refractivity contribution in [3.63, 3.8) is 0 Å². The van der Waals surface area contributed by atoms with Gasteiger partial charge in [-0.2, -0.15) is 0 Å². The quantitative estimate of drug-likeness (QED) is 0.717. The number of carbonyl (C=O) groups is 2. The second-order valence-electron chi connectivity index (χ2n) is 5.71. The molecule has 7 heteroatoms. The summed E-state index contributed by atoms with van der Waals surface area (Å²) in [6, 6.07) is 11.8. The van der Waals surface area contributed by atoms with Gasteiger partial charge in [0.2, 0.25) is 0 Å². The lowest BCUT2D eigenvalue weighted by atomic mass is 10.1. The van der Waals surface area contributed by atoms with Gasteiger partial charge in [0.05, 0.1) is 27.4 Å². The molecule has 0 bridgehead atoms. The van der Waals surface area contributed by atoms with Crippen LogP contribution in [0.1, 0.15) is 28.9 Å². The fourth-order valence-electron chi connectivity index (χ4n) is 2.45. The van der Waals surface area contributed by atoms with Crippen LogP contribution < -0.4 is 19.5 Å². The van der Waals surface area contributed by atoms with Crippen LogP contribution in [0.4, 0.5) is 0 Å². The first-order valence-corrected chi connectivity index (χ1v) is 8.31. The highest BCUT2D eigenvalue weighted by Gasteiger charge is 2.17. The van der Waals surface area contributed by atoms with Crippen LogP contribution in [0.2, 0.25) is 0 Å². The van der Waals surface area contributed by atoms with Gasteiger partial charge in [-0.25, -0.2) is 4.79 Å². The third-order valence-corrected chi connectivity index (χ3v) is 3.93. The second kappa shape index (κ2) is 9.47. The molecule has 0 radical (unpaired) electrons. The lowest BCUT2D eigenvalue weighted by Crippen LogP contribution is -2.31. The Hall–Kier alpha value is -3.22. The summed E-state index contributed by atoms with van der Waals surface area (Å²) >= 11 is 0. The lowest BCUT2D eigenvalue weighted by Gasteiger charge is -2.15. The molecule has 144 valence electrons. The van der Waals surface area contributed by atoms with Gasteiger partial charge in [-0.15, -0.1) is 0 Å². The highest BCUT2D eigenvalue weighted by molar-refractivity contribution is 5.94. The fraction of sp³-hybridized carbons (Fsp3) is 0.300. The Morgan fingerprint density at radius 1 is 0.963 bits per heavy atom. The van der Waals surface area contributed by atoms with Gasteiger partial charge in [0, 0.05) is 6.07 Å². The molecule has 0 aromatic heterocycles. The zero-order valence-electron chi connectivity index (χ0n) is 15.8. The van der Waals surface area contributed by atoms with Gasteiger partial charge in [0.1, 0.15) is 22.8 Å². The Morgan fingerprint density at radius 2 is 1.67 bits per heavy atom. The molecule has 2 aromatic carbocycles. The van der Waals surface area contributed by atoms with Crippen molar-refractivity contribution in [2.75, 3.05) is 27.9 Å². The number of ether oxygens (including phenoxy) is 4. The van der Waals surface area contributed by atoms with Crippen molar-refractivity contribution in [1.29, 1.82) is 0 Å². The van der Waals surface area contributed by atoms with Crippen molar-refractivity contribution in [3.8, 4) is 17.2 Å². The molecule has 1 N–H and O–H groups in total. The zero-order chi connectivity index (χ0) is 19.8. The molecule has 27 heavy (non-hydrogen) atoms. The van der Waals surface area contributed by atoms with Crippen molar-refractivity contribution in [3.05, 3.63) is 53.6 Å². The van der Waals surface area contributed by atoms with E-state index in [-0.39, 0.29) is 11.6 Å². The van der Waals surface area contributed by atoms with Crippen LogP contribution in [0.25, 0.3) is 0 Å². The average Bonchev–Trinajstić information content (AvgIpc) is 2.71. The summed E-state index contributed by atoms with van der Waals surface area (Å²) in [5.41, 5.74) is 1.10. The number of benzene rings is 2. The summed E-state index contributed by atoms with van der Waals surface area (Å²) in [6.07, 6.45) is 0. The van der Waals surface area contributed by atoms with E-state index >= 15 is 0 Å². The number of rotatable bonds is 8. The SMILES string of the molecule is COc1cccc([C@@H](C)NC(=O)COC(=O)c2ccc(OC)cc2OC)c1. The molecule has 2 aromatic rings. The van der Waals surface area contributed by atoms with Crippen LogP contribution >= 0.6 is 0 Å². The van der Waals surface area contributed by atoms with Crippen LogP contribution in [0.3, 0.4) is 0 Å². The molecule has 0 saturated heterocycles. The standard InChI is InChI=1S/C20H23NO6/c1-13(14-6-5-7-15(10-14)24-2)21-19(22)12-27-20(23)17-9-8-16(25-3)11-18(17)26-4/h5-11,13H,12H2,1-4H3,(H,21,22)/t13-/m1/s1. The molecule has 0 spiro atoms. The molecule has 0 aliphatic heterocycles. The maximum atomic E-state index is 12.2. The molecule has 0 unspecified atom stereocenters. The molecular formula is C20H23NO6. The number of esters is 1. The molecule has 0 heterocycles. The van der Waals surface area contributed by atoms with Gasteiger partial charge < -0.3 is 24.3 Å². The number of nitrogens with one attached hydrogen (secondary N) is 1.